The van der Waals surface area contributed by atoms with E-state index in [1.165, 1.54) is 0 Å². The fourth-order valence-corrected chi connectivity index (χ4v) is 0.539. The summed E-state index contributed by atoms with van der Waals surface area (Å²) in [6.07, 6.45) is 0. The highest BCUT2D eigenvalue weighted by Crippen LogP contribution is 2.00. The van der Waals surface area contributed by atoms with Crippen molar-refractivity contribution in [2.75, 3.05) is 26.2 Å². The Morgan fingerprint density at radius 2 is 2.33 bits per heavy atom. The molecule has 0 spiro atoms. The standard InChI is InChI=1S/C4H8N2O3/c7-6(8)9-4-3-5-1-2-5/h1-4H2. The van der Waals surface area contributed by atoms with E-state index >= 15 is 0 Å². The zero-order valence-corrected chi connectivity index (χ0v) is 4.95. The second-order valence-electron chi connectivity index (χ2n) is 1.90. The maximum atomic E-state index is 9.57. The molecular formula is C4H8N2O3. The lowest BCUT2D eigenvalue weighted by atomic mass is 10.7. The van der Waals surface area contributed by atoms with Crippen molar-refractivity contribution >= 4 is 0 Å². The molecule has 0 atom stereocenters. The third-order valence-electron chi connectivity index (χ3n) is 1.14. The summed E-state index contributed by atoms with van der Waals surface area (Å²) in [4.78, 5) is 15.7. The Labute approximate surface area is 52.3 Å². The molecule has 0 radical (unpaired) electrons. The Bertz CT molecular complexity index is 112. The van der Waals surface area contributed by atoms with Gasteiger partial charge in [-0.25, -0.2) is 0 Å². The fraction of sp³-hybridized carbons (Fsp3) is 1.00. The van der Waals surface area contributed by atoms with Crippen molar-refractivity contribution in [3.63, 3.8) is 0 Å². The molecule has 1 rings (SSSR count). The molecule has 0 N–H and O–H groups in total. The Hall–Kier alpha value is -0.840. The molecule has 1 aliphatic rings. The second-order valence-corrected chi connectivity index (χ2v) is 1.90. The van der Waals surface area contributed by atoms with Gasteiger partial charge in [-0.15, -0.1) is 10.1 Å². The minimum atomic E-state index is -0.760. The summed E-state index contributed by atoms with van der Waals surface area (Å²) in [6.45, 7) is 3.00. The SMILES string of the molecule is O=[N+]([O-])OCCN1CC1. The van der Waals surface area contributed by atoms with Gasteiger partial charge in [-0.2, -0.15) is 0 Å². The van der Waals surface area contributed by atoms with Crippen LogP contribution in [0.25, 0.3) is 0 Å². The Balaban J connectivity index is 1.86. The maximum absolute atomic E-state index is 9.57. The average molecular weight is 132 g/mol. The van der Waals surface area contributed by atoms with Crippen molar-refractivity contribution < 1.29 is 9.92 Å². The lowest BCUT2D eigenvalue weighted by molar-refractivity contribution is -0.757. The van der Waals surface area contributed by atoms with Crippen molar-refractivity contribution in [2.45, 2.75) is 0 Å². The lowest BCUT2D eigenvalue weighted by Gasteiger charge is -1.96. The molecular weight excluding hydrogens is 124 g/mol. The maximum Gasteiger partial charge on any atom is 0.294 e. The molecule has 9 heavy (non-hydrogen) atoms. The first kappa shape index (κ1) is 6.28. The summed E-state index contributed by atoms with van der Waals surface area (Å²) in [5.74, 6) is 0. The molecule has 0 aliphatic carbocycles. The molecule has 0 aromatic heterocycles. The van der Waals surface area contributed by atoms with E-state index in [0.29, 0.717) is 6.54 Å². The first-order valence-electron chi connectivity index (χ1n) is 2.79. The lowest BCUT2D eigenvalue weighted by Crippen LogP contribution is -2.11. The van der Waals surface area contributed by atoms with Gasteiger partial charge in [-0.05, 0) is 0 Å². The van der Waals surface area contributed by atoms with Crippen molar-refractivity contribution in [2.24, 2.45) is 0 Å². The first-order valence-corrected chi connectivity index (χ1v) is 2.79. The second kappa shape index (κ2) is 2.63. The molecule has 0 saturated carbocycles. The van der Waals surface area contributed by atoms with Gasteiger partial charge in [0.15, 0.2) is 0 Å². The van der Waals surface area contributed by atoms with E-state index in [0.717, 1.165) is 13.1 Å². The highest BCUT2D eigenvalue weighted by atomic mass is 16.9. The summed E-state index contributed by atoms with van der Waals surface area (Å²) < 4.78 is 0. The van der Waals surface area contributed by atoms with Gasteiger partial charge in [0.05, 0.1) is 0 Å². The summed E-state index contributed by atoms with van der Waals surface area (Å²) in [7, 11) is 0. The summed E-state index contributed by atoms with van der Waals surface area (Å²) in [5.41, 5.74) is 0. The zero-order valence-electron chi connectivity index (χ0n) is 4.95. The van der Waals surface area contributed by atoms with Gasteiger partial charge >= 0.3 is 0 Å². The van der Waals surface area contributed by atoms with Crippen LogP contribution in [-0.2, 0) is 4.84 Å². The van der Waals surface area contributed by atoms with Crippen LogP contribution in [0.4, 0.5) is 0 Å². The smallest absolute Gasteiger partial charge is 0.294 e. The van der Waals surface area contributed by atoms with Crippen LogP contribution in [-0.4, -0.2) is 36.2 Å². The van der Waals surface area contributed by atoms with Crippen molar-refractivity contribution in [3.8, 4) is 0 Å². The molecule has 1 saturated heterocycles. The van der Waals surface area contributed by atoms with Crippen molar-refractivity contribution in [1.29, 1.82) is 0 Å². The van der Waals surface area contributed by atoms with E-state index < -0.39 is 5.09 Å². The Morgan fingerprint density at radius 1 is 1.67 bits per heavy atom. The molecule has 1 fully saturated rings. The molecule has 5 nitrogen and oxygen atoms in total. The minimum absolute atomic E-state index is 0.201. The zero-order chi connectivity index (χ0) is 6.69. The number of hydrogen-bond donors (Lipinski definition) is 0. The minimum Gasteiger partial charge on any atom is -0.313 e. The molecule has 0 bridgehead atoms. The molecule has 0 aromatic carbocycles. The van der Waals surface area contributed by atoms with Crippen molar-refractivity contribution in [1.82, 2.24) is 4.90 Å². The molecule has 1 aliphatic heterocycles. The van der Waals surface area contributed by atoms with Crippen LogP contribution in [0.15, 0.2) is 0 Å². The summed E-state index contributed by atoms with van der Waals surface area (Å²) >= 11 is 0. The molecule has 52 valence electrons. The van der Waals surface area contributed by atoms with Crippen LogP contribution in [0.3, 0.4) is 0 Å². The van der Waals surface area contributed by atoms with Gasteiger partial charge in [-0.3, -0.25) is 4.90 Å². The van der Waals surface area contributed by atoms with Gasteiger partial charge < -0.3 is 4.84 Å². The van der Waals surface area contributed by atoms with E-state index in [4.69, 9.17) is 0 Å². The van der Waals surface area contributed by atoms with Crippen LogP contribution in [0.2, 0.25) is 0 Å². The van der Waals surface area contributed by atoms with Crippen LogP contribution in [0, 0.1) is 10.1 Å². The van der Waals surface area contributed by atoms with Gasteiger partial charge in [0.2, 0.25) is 0 Å². The van der Waals surface area contributed by atoms with Crippen LogP contribution < -0.4 is 0 Å². The quantitative estimate of drug-likeness (QED) is 0.294. The highest BCUT2D eigenvalue weighted by molar-refractivity contribution is 4.70. The topological polar surface area (TPSA) is 55.4 Å². The molecule has 1 heterocycles. The van der Waals surface area contributed by atoms with Crippen LogP contribution in [0.1, 0.15) is 0 Å². The number of rotatable bonds is 4. The highest BCUT2D eigenvalue weighted by Gasteiger charge is 2.16. The van der Waals surface area contributed by atoms with E-state index in [1.54, 1.807) is 0 Å². The van der Waals surface area contributed by atoms with Crippen LogP contribution in [0.5, 0.6) is 0 Å². The van der Waals surface area contributed by atoms with Crippen molar-refractivity contribution in [3.05, 3.63) is 10.1 Å². The predicted molar refractivity (Wildman–Crippen MR) is 29.4 cm³/mol. The monoisotopic (exact) mass is 132 g/mol. The Kier molecular flexibility index (Phi) is 1.84. The van der Waals surface area contributed by atoms with Gasteiger partial charge in [-0.1, -0.05) is 0 Å². The third kappa shape index (κ3) is 2.86. The first-order chi connectivity index (χ1) is 4.29. The summed E-state index contributed by atoms with van der Waals surface area (Å²) in [5, 5.41) is 8.81. The predicted octanol–water partition coefficient (Wildman–Crippen LogP) is -0.490. The molecule has 0 aromatic rings. The van der Waals surface area contributed by atoms with Crippen LogP contribution >= 0.6 is 0 Å². The van der Waals surface area contributed by atoms with Gasteiger partial charge in [0.1, 0.15) is 6.61 Å². The molecule has 0 unspecified atom stereocenters. The Morgan fingerprint density at radius 3 is 2.78 bits per heavy atom. The fourth-order valence-electron chi connectivity index (χ4n) is 0.539. The van der Waals surface area contributed by atoms with E-state index in [1.807, 2.05) is 0 Å². The van der Waals surface area contributed by atoms with Gasteiger partial charge in [0.25, 0.3) is 5.09 Å². The number of nitrogens with zero attached hydrogens (tertiary/aromatic N) is 2. The molecule has 5 heteroatoms. The number of hydrogen-bond acceptors (Lipinski definition) is 4. The van der Waals surface area contributed by atoms with E-state index in [-0.39, 0.29) is 6.61 Å². The van der Waals surface area contributed by atoms with Gasteiger partial charge in [0, 0.05) is 19.6 Å². The summed E-state index contributed by atoms with van der Waals surface area (Å²) in [6, 6.07) is 0. The normalized spacial score (nSPS) is 17.3. The van der Waals surface area contributed by atoms with E-state index in [2.05, 4.69) is 9.74 Å². The molecule has 0 amide bonds. The third-order valence-corrected chi connectivity index (χ3v) is 1.14. The average Bonchev–Trinajstić information content (AvgIpc) is 2.48. The van der Waals surface area contributed by atoms with E-state index in [9.17, 15) is 10.1 Å². The largest absolute Gasteiger partial charge is 0.313 e.